The second kappa shape index (κ2) is 8.53. The Morgan fingerprint density at radius 1 is 1.46 bits per heavy atom. The van der Waals surface area contributed by atoms with E-state index < -0.39 is 0 Å². The Hall–Kier alpha value is -3.40. The fraction of sp³-hybridized carbons (Fsp3) is 0.111. The van der Waals surface area contributed by atoms with Crippen molar-refractivity contribution in [3.8, 4) is 17.3 Å². The zero-order chi connectivity index (χ0) is 20.1. The van der Waals surface area contributed by atoms with Crippen LogP contribution in [0.4, 0.5) is 5.69 Å². The van der Waals surface area contributed by atoms with Gasteiger partial charge in [-0.3, -0.25) is 14.9 Å². The number of rotatable bonds is 5. The lowest BCUT2D eigenvalue weighted by molar-refractivity contribution is 0.0958. The number of hydrogen-bond donors (Lipinski definition) is 2. The van der Waals surface area contributed by atoms with Crippen molar-refractivity contribution in [1.29, 1.82) is 5.26 Å². The minimum atomic E-state index is -0.284. The van der Waals surface area contributed by atoms with E-state index in [0.29, 0.717) is 27.7 Å². The third-order valence-electron chi connectivity index (χ3n) is 3.75. The van der Waals surface area contributed by atoms with E-state index in [1.165, 1.54) is 25.0 Å². The van der Waals surface area contributed by atoms with Gasteiger partial charge in [-0.05, 0) is 23.8 Å². The van der Waals surface area contributed by atoms with Gasteiger partial charge in [0, 0.05) is 30.8 Å². The van der Waals surface area contributed by atoms with Gasteiger partial charge < -0.3 is 5.32 Å². The van der Waals surface area contributed by atoms with Gasteiger partial charge in [-0.15, -0.1) is 11.8 Å². The highest BCUT2D eigenvalue weighted by molar-refractivity contribution is 7.98. The number of hydrogen-bond acceptors (Lipinski definition) is 6. The summed E-state index contributed by atoms with van der Waals surface area (Å²) >= 11 is 7.49. The summed E-state index contributed by atoms with van der Waals surface area (Å²) in [6.45, 7) is 7.39. The maximum atomic E-state index is 11.7. The maximum Gasteiger partial charge on any atom is 0.269 e. The van der Waals surface area contributed by atoms with Crippen LogP contribution >= 0.6 is 23.4 Å². The molecule has 0 radical (unpaired) electrons. The van der Waals surface area contributed by atoms with Crippen LogP contribution in [0.1, 0.15) is 21.6 Å². The Balaban J connectivity index is 1.99. The average molecular weight is 410 g/mol. The van der Waals surface area contributed by atoms with E-state index in [1.54, 1.807) is 24.4 Å². The van der Waals surface area contributed by atoms with Crippen LogP contribution in [-0.4, -0.2) is 33.1 Å². The van der Waals surface area contributed by atoms with Crippen LogP contribution in [0.25, 0.3) is 16.1 Å². The number of H-pyrrole nitrogens is 1. The van der Waals surface area contributed by atoms with Crippen molar-refractivity contribution in [2.45, 2.75) is 10.8 Å². The van der Waals surface area contributed by atoms with Crippen LogP contribution in [0, 0.1) is 17.9 Å². The molecule has 138 valence electrons. The monoisotopic (exact) mass is 409 g/mol. The van der Waals surface area contributed by atoms with E-state index in [0.717, 1.165) is 5.56 Å². The molecule has 0 aromatic carbocycles. The first kappa shape index (κ1) is 19.4. The number of aromatic amines is 1. The first-order valence-electron chi connectivity index (χ1n) is 7.89. The van der Waals surface area contributed by atoms with Gasteiger partial charge in [-0.1, -0.05) is 11.6 Å². The molecule has 0 saturated carbocycles. The number of halogens is 1. The molecule has 0 bridgehead atoms. The summed E-state index contributed by atoms with van der Waals surface area (Å²) in [7, 11) is 1.53. The number of carbonyl (C=O) groups excluding carboxylic acids is 1. The lowest BCUT2D eigenvalue weighted by Gasteiger charge is -2.11. The van der Waals surface area contributed by atoms with Gasteiger partial charge in [0.25, 0.3) is 5.91 Å². The highest BCUT2D eigenvalue weighted by Crippen LogP contribution is 2.41. The number of amides is 1. The van der Waals surface area contributed by atoms with Crippen molar-refractivity contribution in [3.05, 3.63) is 64.0 Å². The lowest BCUT2D eigenvalue weighted by Crippen LogP contribution is -2.19. The number of nitrogens with zero attached hydrogens (tertiary/aromatic N) is 5. The molecule has 1 amide bonds. The third-order valence-corrected chi connectivity index (χ3v) is 5.06. The predicted octanol–water partition coefficient (Wildman–Crippen LogP) is 3.59. The minimum Gasteiger partial charge on any atom is -0.354 e. The zero-order valence-electron chi connectivity index (χ0n) is 14.5. The van der Waals surface area contributed by atoms with Crippen LogP contribution in [-0.2, 0) is 5.75 Å². The van der Waals surface area contributed by atoms with E-state index >= 15 is 0 Å². The van der Waals surface area contributed by atoms with Gasteiger partial charge in [0.2, 0.25) is 5.69 Å². The molecule has 0 fully saturated rings. The summed E-state index contributed by atoms with van der Waals surface area (Å²) in [5.41, 5.74) is 2.35. The fourth-order valence-corrected chi connectivity index (χ4v) is 3.66. The average Bonchev–Trinajstić information content (AvgIpc) is 3.25. The molecule has 0 aliphatic carbocycles. The number of thioether (sulfide) groups is 1. The maximum absolute atomic E-state index is 11.7. The van der Waals surface area contributed by atoms with Gasteiger partial charge in [-0.25, -0.2) is 9.83 Å². The highest BCUT2D eigenvalue weighted by Gasteiger charge is 2.22. The van der Waals surface area contributed by atoms with Gasteiger partial charge in [0.15, 0.2) is 0 Å². The Bertz CT molecular complexity index is 1120. The van der Waals surface area contributed by atoms with E-state index in [2.05, 4.69) is 36.4 Å². The summed E-state index contributed by atoms with van der Waals surface area (Å²) < 4.78 is 0. The van der Waals surface area contributed by atoms with E-state index in [4.69, 9.17) is 18.2 Å². The molecule has 0 spiro atoms. The number of aromatic nitrogens is 4. The smallest absolute Gasteiger partial charge is 0.269 e. The molecular weight excluding hydrogens is 398 g/mol. The van der Waals surface area contributed by atoms with E-state index in [9.17, 15) is 10.1 Å². The zero-order valence-corrected chi connectivity index (χ0v) is 16.1. The first-order chi connectivity index (χ1) is 13.6. The summed E-state index contributed by atoms with van der Waals surface area (Å²) in [5, 5.41) is 19.3. The largest absolute Gasteiger partial charge is 0.354 e. The quantitative estimate of drug-likeness (QED) is 0.378. The number of nitriles is 1. The van der Waals surface area contributed by atoms with E-state index in [1.807, 2.05) is 0 Å². The molecule has 0 aliphatic heterocycles. The molecule has 28 heavy (non-hydrogen) atoms. The standard InChI is InChI=1S/C18H12ClN7OS/c1-21-15-14(12-4-6-24-26-12)11(8-20)18(25-16(15)19)28-9-10-3-5-23-13(7-10)17(27)22-2/h3-7H,9H2,2H3,(H,22,27)(H,24,26). The summed E-state index contributed by atoms with van der Waals surface area (Å²) in [5.74, 6) is 0.151. The van der Waals surface area contributed by atoms with Crippen LogP contribution in [0.5, 0.6) is 0 Å². The summed E-state index contributed by atoms with van der Waals surface area (Å²) in [6, 6.07) is 7.22. The molecular formula is C18H12ClN7OS. The van der Waals surface area contributed by atoms with Gasteiger partial charge in [0.05, 0.1) is 17.8 Å². The van der Waals surface area contributed by atoms with Gasteiger partial charge >= 0.3 is 0 Å². The lowest BCUT2D eigenvalue weighted by atomic mass is 10.1. The molecule has 10 heteroatoms. The van der Waals surface area contributed by atoms with Crippen molar-refractivity contribution in [2.24, 2.45) is 0 Å². The van der Waals surface area contributed by atoms with Crippen molar-refractivity contribution >= 4 is 35.0 Å². The number of pyridine rings is 2. The fourth-order valence-electron chi connectivity index (χ4n) is 2.46. The summed E-state index contributed by atoms with van der Waals surface area (Å²) in [6.07, 6.45) is 3.08. The molecule has 3 aromatic rings. The van der Waals surface area contributed by atoms with Crippen LogP contribution in [0.3, 0.4) is 0 Å². The molecule has 3 rings (SSSR count). The molecule has 0 unspecified atom stereocenters. The minimum absolute atomic E-state index is 0.0156. The highest BCUT2D eigenvalue weighted by atomic mass is 35.5. The second-order valence-electron chi connectivity index (χ2n) is 5.42. The SMILES string of the molecule is [C-]#[N+]c1c(Cl)nc(SCc2ccnc(C(=O)NC)c2)c(C#N)c1-c1ccn[nH]1. The Morgan fingerprint density at radius 2 is 2.29 bits per heavy atom. The molecule has 3 heterocycles. The van der Waals surface area contributed by atoms with Crippen LogP contribution in [0.15, 0.2) is 35.6 Å². The normalized spacial score (nSPS) is 10.1. The van der Waals surface area contributed by atoms with E-state index in [-0.39, 0.29) is 22.3 Å². The first-order valence-corrected chi connectivity index (χ1v) is 9.26. The van der Waals surface area contributed by atoms with Crippen molar-refractivity contribution in [2.75, 3.05) is 7.05 Å². The van der Waals surface area contributed by atoms with Gasteiger partial charge in [-0.2, -0.15) is 10.4 Å². The summed E-state index contributed by atoms with van der Waals surface area (Å²) in [4.78, 5) is 23.4. The number of nitrogens with one attached hydrogen (secondary N) is 2. The topological polar surface area (TPSA) is 112 Å². The third kappa shape index (κ3) is 3.81. The molecule has 8 nitrogen and oxygen atoms in total. The molecule has 0 saturated heterocycles. The van der Waals surface area contributed by atoms with Crippen molar-refractivity contribution in [1.82, 2.24) is 25.5 Å². The Kier molecular flexibility index (Phi) is 5.90. The predicted molar refractivity (Wildman–Crippen MR) is 105 cm³/mol. The second-order valence-corrected chi connectivity index (χ2v) is 6.74. The Morgan fingerprint density at radius 3 is 2.93 bits per heavy atom. The Labute approximate surface area is 169 Å². The van der Waals surface area contributed by atoms with Crippen molar-refractivity contribution in [3.63, 3.8) is 0 Å². The number of carbonyl (C=O) groups is 1. The van der Waals surface area contributed by atoms with Crippen LogP contribution in [0.2, 0.25) is 5.15 Å². The molecule has 2 N–H and O–H groups in total. The van der Waals surface area contributed by atoms with Gasteiger partial charge in [0.1, 0.15) is 21.9 Å². The molecule has 3 aromatic heterocycles. The molecule has 0 atom stereocenters. The molecule has 0 aliphatic rings. The van der Waals surface area contributed by atoms with Crippen LogP contribution < -0.4 is 5.32 Å². The van der Waals surface area contributed by atoms with Crippen molar-refractivity contribution < 1.29 is 4.79 Å².